The lowest BCUT2D eigenvalue weighted by Crippen LogP contribution is -2.30. The van der Waals surface area contributed by atoms with Gasteiger partial charge in [0.2, 0.25) is 0 Å². The first-order chi connectivity index (χ1) is 35.0. The van der Waals surface area contributed by atoms with Crippen molar-refractivity contribution in [2.75, 3.05) is 13.2 Å². The summed E-state index contributed by atoms with van der Waals surface area (Å²) in [6, 6.07) is 0. The van der Waals surface area contributed by atoms with Crippen LogP contribution in [0.5, 0.6) is 0 Å². The third kappa shape index (κ3) is 57.4. The van der Waals surface area contributed by atoms with Gasteiger partial charge in [-0.2, -0.15) is 0 Å². The lowest BCUT2D eigenvalue weighted by molar-refractivity contribution is -0.166. The van der Waals surface area contributed by atoms with Crippen molar-refractivity contribution in [2.45, 2.75) is 297 Å². The molecule has 0 aliphatic rings. The Balaban J connectivity index is 4.47. The second kappa shape index (κ2) is 59.2. The molecule has 0 aliphatic heterocycles. The summed E-state index contributed by atoms with van der Waals surface area (Å²) >= 11 is 0. The van der Waals surface area contributed by atoms with E-state index in [0.717, 1.165) is 77.0 Å². The molecule has 0 fully saturated rings. The van der Waals surface area contributed by atoms with Gasteiger partial charge >= 0.3 is 17.9 Å². The lowest BCUT2D eigenvalue weighted by atomic mass is 10.0. The lowest BCUT2D eigenvalue weighted by Gasteiger charge is -2.18. The van der Waals surface area contributed by atoms with Crippen LogP contribution in [0.3, 0.4) is 0 Å². The predicted octanol–water partition coefficient (Wildman–Crippen LogP) is 20.3. The highest BCUT2D eigenvalue weighted by Gasteiger charge is 2.19. The van der Waals surface area contributed by atoms with Gasteiger partial charge in [-0.25, -0.2) is 0 Å². The molecule has 6 nitrogen and oxygen atoms in total. The van der Waals surface area contributed by atoms with Gasteiger partial charge < -0.3 is 14.2 Å². The first kappa shape index (κ1) is 67.6. The highest BCUT2D eigenvalue weighted by molar-refractivity contribution is 5.71. The molecule has 0 aromatic rings. The number of carbonyl (C=O) groups is 3. The number of allylic oxidation sites excluding steroid dienone is 14. The molecule has 0 rings (SSSR count). The van der Waals surface area contributed by atoms with E-state index < -0.39 is 6.10 Å². The molecule has 0 saturated carbocycles. The molecule has 1 atom stereocenters. The maximum absolute atomic E-state index is 12.8. The average molecular weight is 990 g/mol. The van der Waals surface area contributed by atoms with Crippen LogP contribution >= 0.6 is 0 Å². The summed E-state index contributed by atoms with van der Waals surface area (Å²) in [5, 5.41) is 0. The predicted molar refractivity (Wildman–Crippen MR) is 307 cm³/mol. The Morgan fingerprint density at radius 1 is 0.296 bits per heavy atom. The Morgan fingerprint density at radius 3 is 0.930 bits per heavy atom. The van der Waals surface area contributed by atoms with Gasteiger partial charge in [0.05, 0.1) is 0 Å². The molecule has 0 aromatic carbocycles. The molecule has 0 amide bonds. The van der Waals surface area contributed by atoms with E-state index in [1.807, 2.05) is 6.08 Å². The number of hydrogen-bond donors (Lipinski definition) is 0. The van der Waals surface area contributed by atoms with Crippen LogP contribution in [0.25, 0.3) is 0 Å². The van der Waals surface area contributed by atoms with Crippen molar-refractivity contribution >= 4 is 17.9 Å². The van der Waals surface area contributed by atoms with Crippen LogP contribution in [0, 0.1) is 0 Å². The molecule has 0 unspecified atom stereocenters. The maximum atomic E-state index is 12.8. The molecule has 0 aromatic heterocycles. The van der Waals surface area contributed by atoms with Crippen molar-refractivity contribution in [3.8, 4) is 0 Å². The topological polar surface area (TPSA) is 78.9 Å². The summed E-state index contributed by atoms with van der Waals surface area (Å²) in [6.07, 6.45) is 77.3. The second-order valence-electron chi connectivity index (χ2n) is 19.9. The Labute approximate surface area is 439 Å². The standard InChI is InChI=1S/C65H112O6/c1-4-7-10-13-16-19-22-25-28-30-32-34-37-40-43-46-49-52-55-58-64(67)70-61-62(60-69-63(66)57-54-51-48-45-42-39-36-27-24-21-18-15-12-9-6-3)71-65(68)59-56-53-50-47-44-41-38-35-33-31-29-26-23-20-17-14-11-8-5-2/h8,11,17,20-21,24,26,29,33,35,41,44,50,53,62H,4-7,9-10,12-16,18-19,22-23,25,27-28,30-32,34,36-40,42-43,45-49,51-52,54-61H2,1-3H3/b11-8-,20-17-,24-21-,29-26-,35-33-,44-41-,53-50-/t62-/m1/s1. The van der Waals surface area contributed by atoms with Crippen molar-refractivity contribution < 1.29 is 28.6 Å². The van der Waals surface area contributed by atoms with Crippen molar-refractivity contribution in [1.82, 2.24) is 0 Å². The minimum atomic E-state index is -0.818. The highest BCUT2D eigenvalue weighted by Crippen LogP contribution is 2.16. The smallest absolute Gasteiger partial charge is 0.306 e. The SMILES string of the molecule is CC/C=C\C/C=C\C/C=C\C/C=C\C/C=C\C/C=C\CCC(=O)O[C@H](COC(=O)CCCCCCCCC/C=C\CCCCCC)COC(=O)CCCCCCCCCCCCCCCCCCCCC. The second-order valence-corrected chi connectivity index (χ2v) is 19.9. The Morgan fingerprint density at radius 2 is 0.577 bits per heavy atom. The van der Waals surface area contributed by atoms with Gasteiger partial charge in [-0.3, -0.25) is 14.4 Å². The number of esters is 3. The summed E-state index contributed by atoms with van der Waals surface area (Å²) in [7, 11) is 0. The normalized spacial score (nSPS) is 12.7. The van der Waals surface area contributed by atoms with Crippen molar-refractivity contribution in [1.29, 1.82) is 0 Å². The van der Waals surface area contributed by atoms with E-state index in [-0.39, 0.29) is 37.5 Å². The van der Waals surface area contributed by atoms with Crippen LogP contribution in [0.15, 0.2) is 85.1 Å². The first-order valence-corrected chi connectivity index (χ1v) is 30.1. The molecule has 6 heteroatoms. The monoisotopic (exact) mass is 989 g/mol. The molecular formula is C65H112O6. The minimum Gasteiger partial charge on any atom is -0.462 e. The zero-order valence-corrected chi connectivity index (χ0v) is 46.7. The maximum Gasteiger partial charge on any atom is 0.306 e. The molecule has 0 N–H and O–H groups in total. The van der Waals surface area contributed by atoms with Crippen molar-refractivity contribution in [2.24, 2.45) is 0 Å². The summed E-state index contributed by atoms with van der Waals surface area (Å²) in [5.41, 5.74) is 0. The summed E-state index contributed by atoms with van der Waals surface area (Å²) < 4.78 is 16.8. The van der Waals surface area contributed by atoms with E-state index in [9.17, 15) is 14.4 Å². The van der Waals surface area contributed by atoms with Crippen LogP contribution in [0.1, 0.15) is 290 Å². The van der Waals surface area contributed by atoms with Crippen LogP contribution in [-0.4, -0.2) is 37.2 Å². The Bertz CT molecular complexity index is 1370. The average Bonchev–Trinajstić information content (AvgIpc) is 3.37. The van der Waals surface area contributed by atoms with Crippen LogP contribution in [-0.2, 0) is 28.6 Å². The molecule has 0 radical (unpaired) electrons. The van der Waals surface area contributed by atoms with E-state index >= 15 is 0 Å². The van der Waals surface area contributed by atoms with Gasteiger partial charge in [0, 0.05) is 19.3 Å². The molecule has 0 spiro atoms. The van der Waals surface area contributed by atoms with E-state index in [1.54, 1.807) is 0 Å². The zero-order chi connectivity index (χ0) is 51.4. The fraction of sp³-hybridized carbons (Fsp3) is 0.738. The Hall–Kier alpha value is -3.41. The van der Waals surface area contributed by atoms with Gasteiger partial charge in [-0.1, -0.05) is 273 Å². The highest BCUT2D eigenvalue weighted by atomic mass is 16.6. The van der Waals surface area contributed by atoms with Crippen LogP contribution in [0.2, 0.25) is 0 Å². The summed E-state index contributed by atoms with van der Waals surface area (Å²) in [5.74, 6) is -0.985. The fourth-order valence-electron chi connectivity index (χ4n) is 8.41. The van der Waals surface area contributed by atoms with Gasteiger partial charge in [0.1, 0.15) is 13.2 Å². The van der Waals surface area contributed by atoms with Crippen molar-refractivity contribution in [3.63, 3.8) is 0 Å². The third-order valence-corrected chi connectivity index (χ3v) is 12.9. The number of hydrogen-bond acceptors (Lipinski definition) is 6. The number of unbranched alkanes of at least 4 members (excludes halogenated alkanes) is 29. The van der Waals surface area contributed by atoms with Crippen molar-refractivity contribution in [3.05, 3.63) is 85.1 Å². The van der Waals surface area contributed by atoms with Gasteiger partial charge in [-0.15, -0.1) is 0 Å². The van der Waals surface area contributed by atoms with Gasteiger partial charge in [0.25, 0.3) is 0 Å². The van der Waals surface area contributed by atoms with E-state index in [0.29, 0.717) is 19.3 Å². The molecule has 0 saturated heterocycles. The largest absolute Gasteiger partial charge is 0.462 e. The van der Waals surface area contributed by atoms with E-state index in [1.165, 1.54) is 167 Å². The zero-order valence-electron chi connectivity index (χ0n) is 46.7. The molecule has 0 bridgehead atoms. The van der Waals surface area contributed by atoms with Crippen LogP contribution < -0.4 is 0 Å². The number of ether oxygens (including phenoxy) is 3. The number of rotatable bonds is 54. The summed E-state index contributed by atoms with van der Waals surface area (Å²) in [4.78, 5) is 38.2. The number of carbonyl (C=O) groups excluding carboxylic acids is 3. The molecule has 71 heavy (non-hydrogen) atoms. The molecule has 408 valence electrons. The fourth-order valence-corrected chi connectivity index (χ4v) is 8.41. The van der Waals surface area contributed by atoms with E-state index in [4.69, 9.17) is 14.2 Å². The van der Waals surface area contributed by atoms with Crippen LogP contribution in [0.4, 0.5) is 0 Å². The minimum absolute atomic E-state index is 0.106. The Kier molecular flexibility index (Phi) is 56.3. The third-order valence-electron chi connectivity index (χ3n) is 12.9. The molecular weight excluding hydrogens is 877 g/mol. The molecule has 0 heterocycles. The van der Waals surface area contributed by atoms with Gasteiger partial charge in [0.15, 0.2) is 6.10 Å². The van der Waals surface area contributed by atoms with Gasteiger partial charge in [-0.05, 0) is 83.5 Å². The first-order valence-electron chi connectivity index (χ1n) is 30.1. The summed E-state index contributed by atoms with van der Waals surface area (Å²) in [6.45, 7) is 6.48. The van der Waals surface area contributed by atoms with E-state index in [2.05, 4.69) is 99.8 Å². The molecule has 0 aliphatic carbocycles. The quantitative estimate of drug-likeness (QED) is 0.0261.